The van der Waals surface area contributed by atoms with Gasteiger partial charge >= 0.3 is 6.03 Å². The molecule has 0 aliphatic rings. The van der Waals surface area contributed by atoms with Gasteiger partial charge in [0.15, 0.2) is 0 Å². The molecule has 0 bridgehead atoms. The molecule has 1 aromatic heterocycles. The quantitative estimate of drug-likeness (QED) is 0.740. The maximum Gasteiger partial charge on any atom is 0.314 e. The van der Waals surface area contributed by atoms with Crippen LogP contribution in [0.4, 0.5) is 4.79 Å². The Morgan fingerprint density at radius 3 is 2.63 bits per heavy atom. The summed E-state index contributed by atoms with van der Waals surface area (Å²) in [4.78, 5) is 11.5. The van der Waals surface area contributed by atoms with Gasteiger partial charge in [-0.3, -0.25) is 0 Å². The lowest BCUT2D eigenvalue weighted by Crippen LogP contribution is -2.43. The van der Waals surface area contributed by atoms with E-state index < -0.39 is 5.60 Å². The maximum absolute atomic E-state index is 11.5. The van der Waals surface area contributed by atoms with E-state index in [9.17, 15) is 9.90 Å². The number of hydrogen-bond donors (Lipinski definition) is 3. The van der Waals surface area contributed by atoms with Crippen LogP contribution in [0.25, 0.3) is 0 Å². The summed E-state index contributed by atoms with van der Waals surface area (Å²) in [6, 6.07) is 3.23. The highest BCUT2D eigenvalue weighted by molar-refractivity contribution is 5.73. The van der Waals surface area contributed by atoms with Crippen molar-refractivity contribution in [2.75, 3.05) is 13.1 Å². The lowest BCUT2D eigenvalue weighted by Gasteiger charge is -2.21. The van der Waals surface area contributed by atoms with Crippen molar-refractivity contribution in [1.82, 2.24) is 10.6 Å². The van der Waals surface area contributed by atoms with Gasteiger partial charge in [0.2, 0.25) is 0 Å². The summed E-state index contributed by atoms with van der Waals surface area (Å²) >= 11 is 0. The molecule has 2 amide bonds. The largest absolute Gasteiger partial charge is 0.463 e. The van der Waals surface area contributed by atoms with Crippen molar-refractivity contribution in [3.8, 4) is 0 Å². The van der Waals surface area contributed by atoms with Gasteiger partial charge in [0.05, 0.1) is 6.54 Å². The van der Waals surface area contributed by atoms with E-state index in [2.05, 4.69) is 24.5 Å². The van der Waals surface area contributed by atoms with Crippen LogP contribution in [-0.2, 0) is 5.60 Å². The fraction of sp³-hybridized carbons (Fsp3) is 0.643. The Morgan fingerprint density at radius 2 is 2.11 bits per heavy atom. The summed E-state index contributed by atoms with van der Waals surface area (Å²) in [6.07, 6.45) is 0.932. The molecule has 0 aliphatic heterocycles. The third kappa shape index (κ3) is 5.34. The number of urea groups is 1. The summed E-state index contributed by atoms with van der Waals surface area (Å²) in [5, 5.41) is 15.6. The third-order valence-electron chi connectivity index (χ3n) is 2.87. The van der Waals surface area contributed by atoms with Crippen LogP contribution in [0.2, 0.25) is 0 Å². The Kier molecular flexibility index (Phi) is 5.42. The number of carbonyl (C=O) groups is 1. The van der Waals surface area contributed by atoms with Crippen LogP contribution in [0, 0.1) is 12.8 Å². The lowest BCUT2D eigenvalue weighted by atomic mass is 10.0. The van der Waals surface area contributed by atoms with Crippen molar-refractivity contribution >= 4 is 6.03 Å². The number of furan rings is 1. The topological polar surface area (TPSA) is 74.5 Å². The highest BCUT2D eigenvalue weighted by Gasteiger charge is 2.27. The van der Waals surface area contributed by atoms with Gasteiger partial charge in [0.1, 0.15) is 17.1 Å². The maximum atomic E-state index is 11.5. The first kappa shape index (κ1) is 15.6. The van der Waals surface area contributed by atoms with Gasteiger partial charge in [0, 0.05) is 6.54 Å². The van der Waals surface area contributed by atoms with Gasteiger partial charge in [-0.05, 0) is 38.3 Å². The molecule has 0 aliphatic carbocycles. The van der Waals surface area contributed by atoms with Gasteiger partial charge in [0.25, 0.3) is 0 Å². The Labute approximate surface area is 114 Å². The SMILES string of the molecule is Cc1ccc(C(C)(O)CNC(=O)NCCC(C)C)o1. The molecule has 5 nitrogen and oxygen atoms in total. The van der Waals surface area contributed by atoms with Crippen LogP contribution < -0.4 is 10.6 Å². The second-order valence-electron chi connectivity index (χ2n) is 5.48. The molecule has 1 aromatic rings. The predicted octanol–water partition coefficient (Wildman–Crippen LogP) is 2.14. The zero-order valence-corrected chi connectivity index (χ0v) is 12.1. The molecule has 108 valence electrons. The van der Waals surface area contributed by atoms with Crippen LogP contribution >= 0.6 is 0 Å². The minimum absolute atomic E-state index is 0.105. The fourth-order valence-electron chi connectivity index (χ4n) is 1.60. The Hall–Kier alpha value is -1.49. The molecule has 0 fully saturated rings. The van der Waals surface area contributed by atoms with E-state index in [1.165, 1.54) is 0 Å². The van der Waals surface area contributed by atoms with E-state index in [0.29, 0.717) is 18.2 Å². The Morgan fingerprint density at radius 1 is 1.42 bits per heavy atom. The molecule has 3 N–H and O–H groups in total. The molecule has 0 spiro atoms. The molecule has 0 aromatic carbocycles. The molecule has 0 radical (unpaired) electrons. The Balaban J connectivity index is 2.36. The van der Waals surface area contributed by atoms with Crippen molar-refractivity contribution in [2.24, 2.45) is 5.92 Å². The molecule has 1 atom stereocenters. The van der Waals surface area contributed by atoms with Gasteiger partial charge in [-0.2, -0.15) is 0 Å². The summed E-state index contributed by atoms with van der Waals surface area (Å²) in [7, 11) is 0. The number of nitrogens with one attached hydrogen (secondary N) is 2. The minimum Gasteiger partial charge on any atom is -0.463 e. The summed E-state index contributed by atoms with van der Waals surface area (Å²) in [5.41, 5.74) is -1.20. The van der Waals surface area contributed by atoms with E-state index in [1.807, 2.05) is 6.92 Å². The van der Waals surface area contributed by atoms with Crippen molar-refractivity contribution in [1.29, 1.82) is 0 Å². The molecule has 5 heteroatoms. The Bertz CT molecular complexity index is 411. The van der Waals surface area contributed by atoms with Crippen LogP contribution in [0.3, 0.4) is 0 Å². The molecule has 1 unspecified atom stereocenters. The van der Waals surface area contributed by atoms with Crippen LogP contribution in [-0.4, -0.2) is 24.2 Å². The van der Waals surface area contributed by atoms with Crippen LogP contribution in [0.15, 0.2) is 16.5 Å². The average Bonchev–Trinajstić information content (AvgIpc) is 2.74. The smallest absolute Gasteiger partial charge is 0.314 e. The monoisotopic (exact) mass is 268 g/mol. The van der Waals surface area contributed by atoms with Crippen molar-refractivity contribution < 1.29 is 14.3 Å². The second kappa shape index (κ2) is 6.61. The summed E-state index contributed by atoms with van der Waals surface area (Å²) < 4.78 is 5.37. The van der Waals surface area contributed by atoms with Gasteiger partial charge in [-0.25, -0.2) is 4.79 Å². The van der Waals surface area contributed by atoms with Gasteiger partial charge < -0.3 is 20.2 Å². The number of rotatable bonds is 6. The zero-order chi connectivity index (χ0) is 14.5. The number of aliphatic hydroxyl groups is 1. The molecule has 0 saturated heterocycles. The third-order valence-corrected chi connectivity index (χ3v) is 2.87. The van der Waals surface area contributed by atoms with Crippen LogP contribution in [0.1, 0.15) is 38.7 Å². The second-order valence-corrected chi connectivity index (χ2v) is 5.48. The van der Waals surface area contributed by atoms with E-state index >= 15 is 0 Å². The molecular formula is C14H24N2O3. The summed E-state index contributed by atoms with van der Waals surface area (Å²) in [5.74, 6) is 1.73. The van der Waals surface area contributed by atoms with Crippen molar-refractivity contribution in [3.05, 3.63) is 23.7 Å². The number of carbonyl (C=O) groups excluding carboxylic acids is 1. The molecule has 0 saturated carbocycles. The highest BCUT2D eigenvalue weighted by Crippen LogP contribution is 2.21. The van der Waals surface area contributed by atoms with E-state index in [0.717, 1.165) is 12.2 Å². The van der Waals surface area contributed by atoms with E-state index in [-0.39, 0.29) is 12.6 Å². The molecule has 1 heterocycles. The van der Waals surface area contributed by atoms with Crippen molar-refractivity contribution in [2.45, 2.75) is 39.7 Å². The average molecular weight is 268 g/mol. The van der Waals surface area contributed by atoms with Crippen LogP contribution in [0.5, 0.6) is 0 Å². The lowest BCUT2D eigenvalue weighted by molar-refractivity contribution is 0.0360. The number of hydrogen-bond acceptors (Lipinski definition) is 3. The molecule has 1 rings (SSSR count). The zero-order valence-electron chi connectivity index (χ0n) is 12.1. The first-order chi connectivity index (χ1) is 8.81. The highest BCUT2D eigenvalue weighted by atomic mass is 16.4. The van der Waals surface area contributed by atoms with Gasteiger partial charge in [-0.15, -0.1) is 0 Å². The number of amides is 2. The molecule has 19 heavy (non-hydrogen) atoms. The standard InChI is InChI=1S/C14H24N2O3/c1-10(2)7-8-15-13(17)16-9-14(4,18)12-6-5-11(3)19-12/h5-6,10,18H,7-9H2,1-4H3,(H2,15,16,17). The van der Waals surface area contributed by atoms with E-state index in [1.54, 1.807) is 19.1 Å². The fourth-order valence-corrected chi connectivity index (χ4v) is 1.60. The normalized spacial score (nSPS) is 14.2. The summed E-state index contributed by atoms with van der Waals surface area (Å²) in [6.45, 7) is 8.36. The van der Waals surface area contributed by atoms with E-state index in [4.69, 9.17) is 4.42 Å². The molecular weight excluding hydrogens is 244 g/mol. The van der Waals surface area contributed by atoms with Crippen molar-refractivity contribution in [3.63, 3.8) is 0 Å². The first-order valence-electron chi connectivity index (χ1n) is 6.62. The predicted molar refractivity (Wildman–Crippen MR) is 73.9 cm³/mol. The minimum atomic E-state index is -1.20. The van der Waals surface area contributed by atoms with Gasteiger partial charge in [-0.1, -0.05) is 13.8 Å². The first-order valence-corrected chi connectivity index (χ1v) is 6.62. The number of aryl methyl sites for hydroxylation is 1.